The molecule has 2 aromatic rings. The number of hydrogen-bond donors (Lipinski definition) is 1. The lowest BCUT2D eigenvalue weighted by Gasteiger charge is -2.32. The first-order chi connectivity index (χ1) is 15.1. The SMILES string of the molecule is C=CCN(C)CCCCOc1ccc2c(c1)CCCN2C(=S)NCc1ccc(Cl)cc1. The third-order valence-corrected chi connectivity index (χ3v) is 6.03. The van der Waals surface area contributed by atoms with Crippen molar-refractivity contribution in [3.8, 4) is 5.75 Å². The highest BCUT2D eigenvalue weighted by Crippen LogP contribution is 2.30. The fourth-order valence-electron chi connectivity index (χ4n) is 3.74. The molecule has 0 bridgehead atoms. The van der Waals surface area contributed by atoms with Crippen LogP contribution in [0.25, 0.3) is 0 Å². The van der Waals surface area contributed by atoms with Crippen molar-refractivity contribution in [3.05, 3.63) is 71.3 Å². The van der Waals surface area contributed by atoms with Crippen molar-refractivity contribution in [2.75, 3.05) is 38.2 Å². The van der Waals surface area contributed by atoms with Gasteiger partial charge in [0.25, 0.3) is 0 Å². The Hall–Kier alpha value is -2.08. The third kappa shape index (κ3) is 7.23. The van der Waals surface area contributed by atoms with Gasteiger partial charge in [0.1, 0.15) is 5.75 Å². The second-order valence-corrected chi connectivity index (χ2v) is 8.76. The minimum absolute atomic E-state index is 0.686. The summed E-state index contributed by atoms with van der Waals surface area (Å²) in [6.45, 7) is 8.13. The van der Waals surface area contributed by atoms with Crippen molar-refractivity contribution in [2.45, 2.75) is 32.2 Å². The maximum absolute atomic E-state index is 6.01. The van der Waals surface area contributed by atoms with E-state index >= 15 is 0 Å². The highest BCUT2D eigenvalue weighted by molar-refractivity contribution is 7.80. The van der Waals surface area contributed by atoms with E-state index in [9.17, 15) is 0 Å². The second kappa shape index (κ2) is 12.1. The third-order valence-electron chi connectivity index (χ3n) is 5.42. The van der Waals surface area contributed by atoms with Crippen LogP contribution in [0.15, 0.2) is 55.1 Å². The van der Waals surface area contributed by atoms with Crippen LogP contribution in [0.2, 0.25) is 5.02 Å². The minimum atomic E-state index is 0.686. The zero-order valence-corrected chi connectivity index (χ0v) is 19.9. The smallest absolute Gasteiger partial charge is 0.173 e. The monoisotopic (exact) mass is 457 g/mol. The Bertz CT molecular complexity index is 872. The number of thiocarbonyl (C=S) groups is 1. The lowest BCUT2D eigenvalue weighted by molar-refractivity contribution is 0.287. The number of anilines is 1. The minimum Gasteiger partial charge on any atom is -0.494 e. The number of hydrogen-bond acceptors (Lipinski definition) is 3. The van der Waals surface area contributed by atoms with Gasteiger partial charge >= 0.3 is 0 Å². The van der Waals surface area contributed by atoms with Gasteiger partial charge in [0.2, 0.25) is 0 Å². The van der Waals surface area contributed by atoms with Gasteiger partial charge < -0.3 is 19.9 Å². The van der Waals surface area contributed by atoms with Gasteiger partial charge in [0.15, 0.2) is 5.11 Å². The summed E-state index contributed by atoms with van der Waals surface area (Å²) in [5.41, 5.74) is 3.63. The van der Waals surface area contributed by atoms with Gasteiger partial charge in [-0.05, 0) is 93.0 Å². The molecule has 0 spiro atoms. The predicted molar refractivity (Wildman–Crippen MR) is 135 cm³/mol. The van der Waals surface area contributed by atoms with E-state index in [4.69, 9.17) is 28.6 Å². The van der Waals surface area contributed by atoms with Gasteiger partial charge in [0, 0.05) is 30.3 Å². The number of ether oxygens (including phenoxy) is 1. The van der Waals surface area contributed by atoms with E-state index in [2.05, 4.69) is 46.9 Å². The van der Waals surface area contributed by atoms with Crippen molar-refractivity contribution < 1.29 is 4.74 Å². The number of nitrogens with one attached hydrogen (secondary N) is 1. The molecular formula is C25H32ClN3OS. The molecule has 1 heterocycles. The lowest BCUT2D eigenvalue weighted by atomic mass is 10.0. The summed E-state index contributed by atoms with van der Waals surface area (Å²) < 4.78 is 6.01. The lowest BCUT2D eigenvalue weighted by Crippen LogP contribution is -2.42. The first-order valence-corrected chi connectivity index (χ1v) is 11.7. The zero-order valence-electron chi connectivity index (χ0n) is 18.3. The Morgan fingerprint density at radius 3 is 2.84 bits per heavy atom. The number of unbranched alkanes of at least 4 members (excludes halogenated alkanes) is 1. The van der Waals surface area contributed by atoms with Crippen LogP contribution in [0.3, 0.4) is 0 Å². The number of likely N-dealkylation sites (N-methyl/N-ethyl adjacent to an activating group) is 1. The molecule has 0 aromatic heterocycles. The van der Waals surface area contributed by atoms with E-state index in [1.54, 1.807) is 0 Å². The summed E-state index contributed by atoms with van der Waals surface area (Å²) >= 11 is 11.7. The van der Waals surface area contributed by atoms with Gasteiger partial charge in [0.05, 0.1) is 6.61 Å². The molecule has 1 aliphatic heterocycles. The van der Waals surface area contributed by atoms with Crippen molar-refractivity contribution >= 4 is 34.6 Å². The van der Waals surface area contributed by atoms with Crippen LogP contribution in [0, 0.1) is 0 Å². The topological polar surface area (TPSA) is 27.7 Å². The molecule has 6 heteroatoms. The number of aryl methyl sites for hydroxylation is 1. The molecule has 1 aliphatic rings. The summed E-state index contributed by atoms with van der Waals surface area (Å²) in [5.74, 6) is 0.945. The molecule has 0 radical (unpaired) electrons. The van der Waals surface area contributed by atoms with Gasteiger partial charge in [-0.15, -0.1) is 6.58 Å². The van der Waals surface area contributed by atoms with E-state index in [1.807, 2.05) is 30.3 Å². The number of fused-ring (bicyclic) bond motifs is 1. The van der Waals surface area contributed by atoms with E-state index < -0.39 is 0 Å². The van der Waals surface area contributed by atoms with Crippen molar-refractivity contribution in [3.63, 3.8) is 0 Å². The second-order valence-electron chi connectivity index (χ2n) is 7.94. The van der Waals surface area contributed by atoms with Crippen molar-refractivity contribution in [2.24, 2.45) is 0 Å². The Kier molecular flexibility index (Phi) is 9.19. The molecule has 1 N–H and O–H groups in total. The van der Waals surface area contributed by atoms with Crippen LogP contribution >= 0.6 is 23.8 Å². The standard InChI is InChI=1S/C25H32ClN3OS/c1-3-14-28(2)15-4-5-17-30-23-12-13-24-21(18-23)7-6-16-29(24)25(31)27-19-20-8-10-22(26)11-9-20/h3,8-13,18H,1,4-7,14-17,19H2,2H3,(H,27,31). The summed E-state index contributed by atoms with van der Waals surface area (Å²) in [4.78, 5) is 4.47. The Morgan fingerprint density at radius 1 is 1.26 bits per heavy atom. The highest BCUT2D eigenvalue weighted by atomic mass is 35.5. The molecular weight excluding hydrogens is 426 g/mol. The van der Waals surface area contributed by atoms with Gasteiger partial charge in [-0.25, -0.2) is 0 Å². The molecule has 0 saturated heterocycles. The van der Waals surface area contributed by atoms with Crippen LogP contribution in [0.4, 0.5) is 5.69 Å². The molecule has 0 saturated carbocycles. The average molecular weight is 458 g/mol. The fourth-order valence-corrected chi connectivity index (χ4v) is 4.12. The summed E-state index contributed by atoms with van der Waals surface area (Å²) in [6.07, 6.45) is 6.23. The van der Waals surface area contributed by atoms with Crippen LogP contribution in [-0.2, 0) is 13.0 Å². The van der Waals surface area contributed by atoms with Crippen molar-refractivity contribution in [1.29, 1.82) is 0 Å². The maximum Gasteiger partial charge on any atom is 0.173 e. The normalized spacial score (nSPS) is 13.1. The fraction of sp³-hybridized carbons (Fsp3) is 0.400. The molecule has 3 rings (SSSR count). The molecule has 166 valence electrons. The van der Waals surface area contributed by atoms with E-state index in [0.29, 0.717) is 6.54 Å². The van der Waals surface area contributed by atoms with Crippen LogP contribution in [-0.4, -0.2) is 43.3 Å². The summed E-state index contributed by atoms with van der Waals surface area (Å²) in [6, 6.07) is 14.2. The van der Waals surface area contributed by atoms with Gasteiger partial charge in [-0.3, -0.25) is 0 Å². The molecule has 0 aliphatic carbocycles. The first-order valence-electron chi connectivity index (χ1n) is 10.9. The molecule has 2 aromatic carbocycles. The zero-order chi connectivity index (χ0) is 22.1. The number of benzene rings is 2. The molecule has 0 fully saturated rings. The largest absolute Gasteiger partial charge is 0.494 e. The molecule has 0 amide bonds. The summed E-state index contributed by atoms with van der Waals surface area (Å²) in [5, 5.41) is 4.89. The van der Waals surface area contributed by atoms with Crippen molar-refractivity contribution in [1.82, 2.24) is 10.2 Å². The Balaban J connectivity index is 1.50. The average Bonchev–Trinajstić information content (AvgIpc) is 2.78. The molecule has 0 atom stereocenters. The van der Waals surface area contributed by atoms with Crippen LogP contribution < -0.4 is 15.0 Å². The van der Waals surface area contributed by atoms with E-state index in [1.165, 1.54) is 11.3 Å². The van der Waals surface area contributed by atoms with Crippen LogP contribution in [0.1, 0.15) is 30.4 Å². The predicted octanol–water partition coefficient (Wildman–Crippen LogP) is 5.44. The quantitative estimate of drug-likeness (QED) is 0.291. The number of nitrogens with zero attached hydrogens (tertiary/aromatic N) is 2. The highest BCUT2D eigenvalue weighted by Gasteiger charge is 2.20. The number of rotatable bonds is 10. The maximum atomic E-state index is 6.01. The summed E-state index contributed by atoms with van der Waals surface area (Å²) in [7, 11) is 2.12. The van der Waals surface area contributed by atoms with Gasteiger partial charge in [-0.1, -0.05) is 29.8 Å². The Labute approximate surface area is 196 Å². The van der Waals surface area contributed by atoms with E-state index in [-0.39, 0.29) is 0 Å². The number of halogens is 1. The molecule has 31 heavy (non-hydrogen) atoms. The van der Waals surface area contributed by atoms with E-state index in [0.717, 1.165) is 73.4 Å². The Morgan fingerprint density at radius 2 is 2.06 bits per heavy atom. The molecule has 4 nitrogen and oxygen atoms in total. The first kappa shape index (κ1) is 23.6. The van der Waals surface area contributed by atoms with Crippen LogP contribution in [0.5, 0.6) is 5.75 Å². The molecule has 0 unspecified atom stereocenters. The van der Waals surface area contributed by atoms with Gasteiger partial charge in [-0.2, -0.15) is 0 Å².